The standard InChI is InChI=1S/C12H15FO4/c1-15-4-5-16-6-7-17-12-3-2-11(13)8-10(12)9-14/h2-3,8-9H,4-7H2,1H3. The first-order chi connectivity index (χ1) is 8.27. The van der Waals surface area contributed by atoms with E-state index in [2.05, 4.69) is 0 Å². The van der Waals surface area contributed by atoms with Gasteiger partial charge in [-0.25, -0.2) is 4.39 Å². The Morgan fingerprint density at radius 1 is 1.24 bits per heavy atom. The van der Waals surface area contributed by atoms with Crippen LogP contribution in [0.2, 0.25) is 0 Å². The predicted molar refractivity (Wildman–Crippen MR) is 60.0 cm³/mol. The molecule has 1 aromatic rings. The normalized spacial score (nSPS) is 10.2. The molecule has 0 aliphatic heterocycles. The van der Waals surface area contributed by atoms with E-state index in [9.17, 15) is 9.18 Å². The van der Waals surface area contributed by atoms with Gasteiger partial charge >= 0.3 is 0 Å². The monoisotopic (exact) mass is 242 g/mol. The van der Waals surface area contributed by atoms with Crippen LogP contribution in [-0.2, 0) is 9.47 Å². The van der Waals surface area contributed by atoms with Gasteiger partial charge in [0.15, 0.2) is 6.29 Å². The van der Waals surface area contributed by atoms with Crippen molar-refractivity contribution in [2.24, 2.45) is 0 Å². The van der Waals surface area contributed by atoms with Crippen LogP contribution in [0.5, 0.6) is 5.75 Å². The number of methoxy groups -OCH3 is 1. The molecule has 0 radical (unpaired) electrons. The molecule has 0 saturated carbocycles. The number of rotatable bonds is 8. The summed E-state index contributed by atoms with van der Waals surface area (Å²) in [5.41, 5.74) is 0.196. The molecule has 17 heavy (non-hydrogen) atoms. The highest BCUT2D eigenvalue weighted by molar-refractivity contribution is 5.79. The maximum Gasteiger partial charge on any atom is 0.153 e. The number of aldehydes is 1. The number of benzene rings is 1. The third kappa shape index (κ3) is 4.93. The van der Waals surface area contributed by atoms with Crippen molar-refractivity contribution in [3.8, 4) is 5.75 Å². The van der Waals surface area contributed by atoms with Crippen LogP contribution in [-0.4, -0.2) is 39.8 Å². The van der Waals surface area contributed by atoms with Gasteiger partial charge in [-0.1, -0.05) is 0 Å². The van der Waals surface area contributed by atoms with E-state index in [4.69, 9.17) is 14.2 Å². The Morgan fingerprint density at radius 3 is 2.71 bits per heavy atom. The van der Waals surface area contributed by atoms with Crippen molar-refractivity contribution in [3.63, 3.8) is 0 Å². The Labute approximate surface area is 99.3 Å². The van der Waals surface area contributed by atoms with Crippen LogP contribution in [0, 0.1) is 5.82 Å². The average molecular weight is 242 g/mol. The van der Waals surface area contributed by atoms with Gasteiger partial charge in [0.05, 0.1) is 25.4 Å². The summed E-state index contributed by atoms with van der Waals surface area (Å²) < 4.78 is 28.1. The third-order valence-electron chi connectivity index (χ3n) is 2.02. The Hall–Kier alpha value is -1.46. The van der Waals surface area contributed by atoms with Crippen molar-refractivity contribution in [1.29, 1.82) is 0 Å². The molecule has 0 atom stereocenters. The molecule has 94 valence electrons. The maximum absolute atomic E-state index is 12.8. The summed E-state index contributed by atoms with van der Waals surface area (Å²) in [5, 5.41) is 0. The maximum atomic E-state index is 12.8. The van der Waals surface area contributed by atoms with E-state index < -0.39 is 5.82 Å². The van der Waals surface area contributed by atoms with Gasteiger partial charge in [0, 0.05) is 7.11 Å². The number of ether oxygens (including phenoxy) is 3. The molecule has 0 amide bonds. The first-order valence-corrected chi connectivity index (χ1v) is 5.22. The van der Waals surface area contributed by atoms with Crippen LogP contribution in [0.3, 0.4) is 0 Å². The average Bonchev–Trinajstić information content (AvgIpc) is 2.35. The largest absolute Gasteiger partial charge is 0.490 e. The molecule has 1 aromatic carbocycles. The summed E-state index contributed by atoms with van der Waals surface area (Å²) in [6, 6.07) is 3.80. The lowest BCUT2D eigenvalue weighted by molar-refractivity contribution is 0.0542. The second-order valence-electron chi connectivity index (χ2n) is 3.25. The van der Waals surface area contributed by atoms with Crippen molar-refractivity contribution in [2.45, 2.75) is 0 Å². The predicted octanol–water partition coefficient (Wildman–Crippen LogP) is 1.68. The van der Waals surface area contributed by atoms with Crippen LogP contribution in [0.4, 0.5) is 4.39 Å². The summed E-state index contributed by atoms with van der Waals surface area (Å²) in [6.07, 6.45) is 0.560. The van der Waals surface area contributed by atoms with Crippen LogP contribution < -0.4 is 4.74 Å². The Balaban J connectivity index is 2.33. The fourth-order valence-electron chi connectivity index (χ4n) is 1.20. The second-order valence-corrected chi connectivity index (χ2v) is 3.25. The van der Waals surface area contributed by atoms with Gasteiger partial charge in [-0.3, -0.25) is 4.79 Å². The smallest absolute Gasteiger partial charge is 0.153 e. The number of halogens is 1. The minimum Gasteiger partial charge on any atom is -0.490 e. The summed E-state index contributed by atoms with van der Waals surface area (Å²) in [4.78, 5) is 10.7. The lowest BCUT2D eigenvalue weighted by Gasteiger charge is -2.08. The summed E-state index contributed by atoms with van der Waals surface area (Å²) in [6.45, 7) is 1.70. The van der Waals surface area contributed by atoms with Gasteiger partial charge < -0.3 is 14.2 Å². The van der Waals surface area contributed by atoms with Crippen molar-refractivity contribution >= 4 is 6.29 Å². The van der Waals surface area contributed by atoms with Crippen LogP contribution in [0.25, 0.3) is 0 Å². The molecule has 0 bridgehead atoms. The molecule has 4 nitrogen and oxygen atoms in total. The van der Waals surface area contributed by atoms with Crippen molar-refractivity contribution in [3.05, 3.63) is 29.6 Å². The number of hydrogen-bond acceptors (Lipinski definition) is 4. The summed E-state index contributed by atoms with van der Waals surface area (Å²) in [7, 11) is 1.59. The highest BCUT2D eigenvalue weighted by Gasteiger charge is 2.04. The molecular weight excluding hydrogens is 227 g/mol. The van der Waals surface area contributed by atoms with E-state index in [0.717, 1.165) is 6.07 Å². The zero-order valence-electron chi connectivity index (χ0n) is 9.65. The third-order valence-corrected chi connectivity index (χ3v) is 2.02. The van der Waals surface area contributed by atoms with Gasteiger partial charge in [-0.2, -0.15) is 0 Å². The van der Waals surface area contributed by atoms with Crippen molar-refractivity contribution in [1.82, 2.24) is 0 Å². The molecule has 0 unspecified atom stereocenters. The molecule has 1 rings (SSSR count). The molecule has 0 N–H and O–H groups in total. The Morgan fingerprint density at radius 2 is 2.00 bits per heavy atom. The van der Waals surface area contributed by atoms with Gasteiger partial charge in [0.1, 0.15) is 18.2 Å². The molecule has 0 spiro atoms. The van der Waals surface area contributed by atoms with Crippen molar-refractivity contribution in [2.75, 3.05) is 33.5 Å². The fraction of sp³-hybridized carbons (Fsp3) is 0.417. The second kappa shape index (κ2) is 7.76. The molecule has 0 heterocycles. The number of hydrogen-bond donors (Lipinski definition) is 0. The van der Waals surface area contributed by atoms with Gasteiger partial charge in [0.2, 0.25) is 0 Å². The molecule has 0 aliphatic carbocycles. The quantitative estimate of drug-likeness (QED) is 0.514. The van der Waals surface area contributed by atoms with Gasteiger partial charge in [-0.15, -0.1) is 0 Å². The molecule has 0 aliphatic rings. The Bertz CT molecular complexity index is 354. The SMILES string of the molecule is COCCOCCOc1ccc(F)cc1C=O. The first kappa shape index (κ1) is 13.6. The highest BCUT2D eigenvalue weighted by atomic mass is 19.1. The van der Waals surface area contributed by atoms with E-state index >= 15 is 0 Å². The topological polar surface area (TPSA) is 44.8 Å². The van der Waals surface area contributed by atoms with E-state index in [-0.39, 0.29) is 5.56 Å². The summed E-state index contributed by atoms with van der Waals surface area (Å²) >= 11 is 0. The van der Waals surface area contributed by atoms with E-state index in [0.29, 0.717) is 38.5 Å². The van der Waals surface area contributed by atoms with E-state index in [1.165, 1.54) is 12.1 Å². The highest BCUT2D eigenvalue weighted by Crippen LogP contribution is 2.17. The summed E-state index contributed by atoms with van der Waals surface area (Å²) in [5.74, 6) is -0.104. The lowest BCUT2D eigenvalue weighted by Crippen LogP contribution is -2.10. The van der Waals surface area contributed by atoms with E-state index in [1.807, 2.05) is 0 Å². The minimum absolute atomic E-state index is 0.196. The first-order valence-electron chi connectivity index (χ1n) is 5.22. The molecule has 0 fully saturated rings. The van der Waals surface area contributed by atoms with Crippen LogP contribution >= 0.6 is 0 Å². The lowest BCUT2D eigenvalue weighted by atomic mass is 10.2. The zero-order chi connectivity index (χ0) is 12.5. The van der Waals surface area contributed by atoms with Crippen molar-refractivity contribution < 1.29 is 23.4 Å². The number of carbonyl (C=O) groups excluding carboxylic acids is 1. The molecule has 5 heteroatoms. The van der Waals surface area contributed by atoms with Gasteiger partial charge in [-0.05, 0) is 18.2 Å². The van der Waals surface area contributed by atoms with Gasteiger partial charge in [0.25, 0.3) is 0 Å². The van der Waals surface area contributed by atoms with E-state index in [1.54, 1.807) is 7.11 Å². The zero-order valence-corrected chi connectivity index (χ0v) is 9.65. The Kier molecular flexibility index (Phi) is 6.21. The van der Waals surface area contributed by atoms with Crippen LogP contribution in [0.15, 0.2) is 18.2 Å². The molecule has 0 aromatic heterocycles. The van der Waals surface area contributed by atoms with Crippen LogP contribution in [0.1, 0.15) is 10.4 Å². The molecule has 0 saturated heterocycles. The fourth-order valence-corrected chi connectivity index (χ4v) is 1.20. The number of carbonyl (C=O) groups is 1. The minimum atomic E-state index is -0.462. The molecular formula is C12H15FO4.